The van der Waals surface area contributed by atoms with E-state index < -0.39 is 6.10 Å². The molecule has 0 amide bonds. The highest BCUT2D eigenvalue weighted by molar-refractivity contribution is 5.29. The first-order valence-electron chi connectivity index (χ1n) is 6.87. The Bertz CT molecular complexity index is 517. The minimum absolute atomic E-state index is 0.609. The number of ether oxygens (including phenoxy) is 1. The van der Waals surface area contributed by atoms with Gasteiger partial charge in [0, 0.05) is 0 Å². The van der Waals surface area contributed by atoms with Gasteiger partial charge >= 0.3 is 0 Å². The molecule has 0 spiro atoms. The maximum atomic E-state index is 9.60. The second-order valence-corrected chi connectivity index (χ2v) is 4.69. The summed E-state index contributed by atoms with van der Waals surface area (Å²) in [5.74, 6) is 0.832. The molecule has 1 unspecified atom stereocenters. The Morgan fingerprint density at radius 2 is 1.75 bits per heavy atom. The van der Waals surface area contributed by atoms with Crippen molar-refractivity contribution in [3.63, 3.8) is 0 Å². The highest BCUT2D eigenvalue weighted by Gasteiger charge is 2.02. The quantitative estimate of drug-likeness (QED) is 0.609. The number of rotatable bonds is 7. The lowest BCUT2D eigenvalue weighted by atomic mass is 10.1. The number of hydrogen-bond donors (Lipinski definition) is 1. The summed E-state index contributed by atoms with van der Waals surface area (Å²) < 4.78 is 5.69. The zero-order chi connectivity index (χ0) is 14.2. The summed E-state index contributed by atoms with van der Waals surface area (Å²) >= 11 is 0. The summed E-state index contributed by atoms with van der Waals surface area (Å²) in [5, 5.41) is 9.60. The van der Waals surface area contributed by atoms with Gasteiger partial charge in [-0.1, -0.05) is 48.5 Å². The number of aliphatic hydroxyl groups is 1. The molecule has 0 aliphatic rings. The van der Waals surface area contributed by atoms with Crippen LogP contribution >= 0.6 is 0 Å². The van der Waals surface area contributed by atoms with E-state index >= 15 is 0 Å². The van der Waals surface area contributed by atoms with Gasteiger partial charge in [0.15, 0.2) is 0 Å². The van der Waals surface area contributed by atoms with Crippen molar-refractivity contribution in [1.29, 1.82) is 0 Å². The van der Waals surface area contributed by atoms with Crippen molar-refractivity contribution in [2.45, 2.75) is 18.9 Å². The van der Waals surface area contributed by atoms with Gasteiger partial charge in [0.2, 0.25) is 0 Å². The molecule has 2 aromatic carbocycles. The van der Waals surface area contributed by atoms with Crippen LogP contribution in [0.4, 0.5) is 0 Å². The molecule has 0 bridgehead atoms. The highest BCUT2D eigenvalue weighted by atomic mass is 16.5. The van der Waals surface area contributed by atoms with Gasteiger partial charge in [0.05, 0.1) is 12.7 Å². The topological polar surface area (TPSA) is 29.5 Å². The Morgan fingerprint density at radius 3 is 2.40 bits per heavy atom. The highest BCUT2D eigenvalue weighted by Crippen LogP contribution is 2.18. The van der Waals surface area contributed by atoms with E-state index in [-0.39, 0.29) is 0 Å². The maximum Gasteiger partial charge on any atom is 0.119 e. The molecule has 1 atom stereocenters. The van der Waals surface area contributed by atoms with E-state index in [9.17, 15) is 5.11 Å². The van der Waals surface area contributed by atoms with Crippen molar-refractivity contribution in [3.8, 4) is 5.75 Å². The van der Waals surface area contributed by atoms with Gasteiger partial charge in [-0.3, -0.25) is 0 Å². The van der Waals surface area contributed by atoms with E-state index in [2.05, 4.69) is 30.8 Å². The third-order valence-corrected chi connectivity index (χ3v) is 3.17. The lowest BCUT2D eigenvalue weighted by Gasteiger charge is -2.09. The Morgan fingerprint density at radius 1 is 1.05 bits per heavy atom. The van der Waals surface area contributed by atoms with Crippen molar-refractivity contribution < 1.29 is 9.84 Å². The van der Waals surface area contributed by atoms with Gasteiger partial charge in [0.25, 0.3) is 0 Å². The Kier molecular flexibility index (Phi) is 5.39. The third kappa shape index (κ3) is 4.25. The van der Waals surface area contributed by atoms with Gasteiger partial charge in [-0.05, 0) is 36.1 Å². The lowest BCUT2D eigenvalue weighted by Crippen LogP contribution is -2.00. The van der Waals surface area contributed by atoms with Gasteiger partial charge in [-0.2, -0.15) is 0 Å². The van der Waals surface area contributed by atoms with Crippen molar-refractivity contribution in [2.24, 2.45) is 0 Å². The van der Waals surface area contributed by atoms with Crippen LogP contribution in [0.5, 0.6) is 5.75 Å². The molecule has 2 heteroatoms. The molecule has 2 nitrogen and oxygen atoms in total. The van der Waals surface area contributed by atoms with Gasteiger partial charge in [-0.25, -0.2) is 0 Å². The second-order valence-electron chi connectivity index (χ2n) is 4.69. The fourth-order valence-corrected chi connectivity index (χ4v) is 2.01. The maximum absolute atomic E-state index is 9.60. The summed E-state index contributed by atoms with van der Waals surface area (Å²) in [6.45, 7) is 4.26. The van der Waals surface area contributed by atoms with Crippen LogP contribution in [-0.4, -0.2) is 11.7 Å². The zero-order valence-corrected chi connectivity index (χ0v) is 11.5. The number of benzene rings is 2. The monoisotopic (exact) mass is 268 g/mol. The minimum atomic E-state index is -0.609. The average Bonchev–Trinajstić information content (AvgIpc) is 2.52. The summed E-state index contributed by atoms with van der Waals surface area (Å²) in [6, 6.07) is 17.9. The molecular formula is C18H20O2. The Labute approximate surface area is 120 Å². The molecule has 0 saturated heterocycles. The standard InChI is InChI=1S/C18H20O2/c1-2-18(19)16-10-12-17(13-11-16)20-14-6-9-15-7-4-3-5-8-15/h2-5,7-8,10-13,18-19H,1,6,9,14H2. The average molecular weight is 268 g/mol. The van der Waals surface area contributed by atoms with Gasteiger partial charge in [-0.15, -0.1) is 6.58 Å². The molecule has 1 N–H and O–H groups in total. The predicted octanol–water partition coefficient (Wildman–Crippen LogP) is 3.92. The molecule has 0 fully saturated rings. The Hall–Kier alpha value is -2.06. The largest absolute Gasteiger partial charge is 0.494 e. The van der Waals surface area contributed by atoms with E-state index in [0.29, 0.717) is 6.61 Å². The fraction of sp³-hybridized carbons (Fsp3) is 0.222. The normalized spacial score (nSPS) is 11.8. The SMILES string of the molecule is C=CC(O)c1ccc(OCCCc2ccccc2)cc1. The van der Waals surface area contributed by atoms with Crippen LogP contribution in [0.2, 0.25) is 0 Å². The lowest BCUT2D eigenvalue weighted by molar-refractivity contribution is 0.229. The van der Waals surface area contributed by atoms with Crippen molar-refractivity contribution in [1.82, 2.24) is 0 Å². The number of hydrogen-bond acceptors (Lipinski definition) is 2. The minimum Gasteiger partial charge on any atom is -0.494 e. The van der Waals surface area contributed by atoms with Crippen molar-refractivity contribution >= 4 is 0 Å². The van der Waals surface area contributed by atoms with Crippen LogP contribution in [0.3, 0.4) is 0 Å². The fourth-order valence-electron chi connectivity index (χ4n) is 2.01. The van der Waals surface area contributed by atoms with Crippen LogP contribution < -0.4 is 4.74 Å². The number of aliphatic hydroxyl groups excluding tert-OH is 1. The molecule has 0 aliphatic carbocycles. The first kappa shape index (κ1) is 14.4. The van der Waals surface area contributed by atoms with E-state index in [4.69, 9.17) is 4.74 Å². The summed E-state index contributed by atoms with van der Waals surface area (Å²) in [4.78, 5) is 0. The molecule has 0 aromatic heterocycles. The van der Waals surface area contributed by atoms with Crippen LogP contribution in [0, 0.1) is 0 Å². The van der Waals surface area contributed by atoms with Crippen LogP contribution in [0.1, 0.15) is 23.7 Å². The summed E-state index contributed by atoms with van der Waals surface area (Å²) in [5.41, 5.74) is 2.16. The molecule has 20 heavy (non-hydrogen) atoms. The molecular weight excluding hydrogens is 248 g/mol. The van der Waals surface area contributed by atoms with Crippen molar-refractivity contribution in [3.05, 3.63) is 78.4 Å². The van der Waals surface area contributed by atoms with Crippen molar-refractivity contribution in [2.75, 3.05) is 6.61 Å². The first-order valence-corrected chi connectivity index (χ1v) is 6.87. The third-order valence-electron chi connectivity index (χ3n) is 3.17. The molecule has 104 valence electrons. The van der Waals surface area contributed by atoms with Crippen LogP contribution in [-0.2, 0) is 6.42 Å². The van der Waals surface area contributed by atoms with E-state index in [0.717, 1.165) is 24.2 Å². The second kappa shape index (κ2) is 7.51. The van der Waals surface area contributed by atoms with E-state index in [1.165, 1.54) is 11.6 Å². The van der Waals surface area contributed by atoms with Crippen LogP contribution in [0.15, 0.2) is 67.3 Å². The Balaban J connectivity index is 1.75. The molecule has 2 rings (SSSR count). The molecule has 0 heterocycles. The summed E-state index contributed by atoms with van der Waals surface area (Å²) in [6.07, 6.45) is 2.91. The smallest absolute Gasteiger partial charge is 0.119 e. The van der Waals surface area contributed by atoms with Crippen LogP contribution in [0.25, 0.3) is 0 Å². The molecule has 0 aliphatic heterocycles. The molecule has 0 radical (unpaired) electrons. The van der Waals surface area contributed by atoms with Gasteiger partial charge < -0.3 is 9.84 Å². The molecule has 2 aromatic rings. The zero-order valence-electron chi connectivity index (χ0n) is 11.5. The molecule has 0 saturated carbocycles. The van der Waals surface area contributed by atoms with E-state index in [1.54, 1.807) is 0 Å². The van der Waals surface area contributed by atoms with E-state index in [1.807, 2.05) is 30.3 Å². The predicted molar refractivity (Wildman–Crippen MR) is 81.9 cm³/mol. The first-order chi connectivity index (χ1) is 9.79. The number of aryl methyl sites for hydroxylation is 1. The summed E-state index contributed by atoms with van der Waals surface area (Å²) in [7, 11) is 0. The van der Waals surface area contributed by atoms with Gasteiger partial charge in [0.1, 0.15) is 5.75 Å².